The van der Waals surface area contributed by atoms with Gasteiger partial charge < -0.3 is 15.5 Å². The van der Waals surface area contributed by atoms with E-state index < -0.39 is 5.82 Å². The molecule has 1 amide bonds. The molecule has 2 aromatic carbocycles. The first-order chi connectivity index (χ1) is 11.5. The lowest BCUT2D eigenvalue weighted by Gasteiger charge is -2.12. The van der Waals surface area contributed by atoms with E-state index in [-0.39, 0.29) is 11.5 Å². The average Bonchev–Trinajstić information content (AvgIpc) is 2.52. The van der Waals surface area contributed by atoms with Gasteiger partial charge in [0, 0.05) is 12.2 Å². The van der Waals surface area contributed by atoms with Crippen molar-refractivity contribution in [1.29, 1.82) is 5.26 Å². The second kappa shape index (κ2) is 8.09. The summed E-state index contributed by atoms with van der Waals surface area (Å²) in [6, 6.07) is 13.7. The van der Waals surface area contributed by atoms with Gasteiger partial charge in [0.1, 0.15) is 17.4 Å². The third-order valence-corrected chi connectivity index (χ3v) is 3.28. The van der Waals surface area contributed by atoms with Gasteiger partial charge in [-0.3, -0.25) is 4.79 Å². The molecule has 2 rings (SSSR count). The van der Waals surface area contributed by atoms with Crippen molar-refractivity contribution in [2.45, 2.75) is 6.54 Å². The zero-order chi connectivity index (χ0) is 17.5. The van der Waals surface area contributed by atoms with Gasteiger partial charge in [0.15, 0.2) is 0 Å². The van der Waals surface area contributed by atoms with Crippen LogP contribution in [0.4, 0.5) is 15.8 Å². The van der Waals surface area contributed by atoms with Crippen LogP contribution in [0.5, 0.6) is 0 Å². The SMILES string of the molecule is CN(C)CC(=O)Nc1cccc(CNc2cccc(F)c2C#N)c1. The first-order valence-electron chi connectivity index (χ1n) is 7.45. The normalized spacial score (nSPS) is 10.3. The van der Waals surface area contributed by atoms with Crippen LogP contribution in [0.3, 0.4) is 0 Å². The standard InChI is InChI=1S/C18H19FN4O/c1-23(2)12-18(24)22-14-6-3-5-13(9-14)11-21-17-8-4-7-16(19)15(17)10-20/h3-9,21H,11-12H2,1-2H3,(H,22,24). The van der Waals surface area contributed by atoms with Gasteiger partial charge in [-0.25, -0.2) is 4.39 Å². The first-order valence-corrected chi connectivity index (χ1v) is 7.45. The molecule has 0 saturated carbocycles. The van der Waals surface area contributed by atoms with Gasteiger partial charge in [0.05, 0.1) is 12.2 Å². The van der Waals surface area contributed by atoms with Gasteiger partial charge in [-0.2, -0.15) is 5.26 Å². The Balaban J connectivity index is 2.04. The molecule has 0 atom stereocenters. The minimum atomic E-state index is -0.549. The van der Waals surface area contributed by atoms with E-state index in [1.807, 2.05) is 38.4 Å². The lowest BCUT2D eigenvalue weighted by Crippen LogP contribution is -2.27. The largest absolute Gasteiger partial charge is 0.380 e. The third kappa shape index (κ3) is 4.80. The molecule has 0 aliphatic rings. The highest BCUT2D eigenvalue weighted by Gasteiger charge is 2.08. The maximum Gasteiger partial charge on any atom is 0.238 e. The highest BCUT2D eigenvalue weighted by atomic mass is 19.1. The zero-order valence-corrected chi connectivity index (χ0v) is 13.6. The van der Waals surface area contributed by atoms with Crippen molar-refractivity contribution >= 4 is 17.3 Å². The van der Waals surface area contributed by atoms with Crippen molar-refractivity contribution in [2.75, 3.05) is 31.3 Å². The number of likely N-dealkylation sites (N-methyl/N-ethyl adjacent to an activating group) is 1. The Morgan fingerprint density at radius 1 is 1.25 bits per heavy atom. The molecule has 0 aromatic heterocycles. The van der Waals surface area contributed by atoms with E-state index >= 15 is 0 Å². The van der Waals surface area contributed by atoms with Gasteiger partial charge in [-0.05, 0) is 43.9 Å². The van der Waals surface area contributed by atoms with Crippen LogP contribution < -0.4 is 10.6 Å². The van der Waals surface area contributed by atoms with Crippen LogP contribution in [0.2, 0.25) is 0 Å². The van der Waals surface area contributed by atoms with Crippen molar-refractivity contribution in [2.24, 2.45) is 0 Å². The van der Waals surface area contributed by atoms with Crippen LogP contribution in [-0.4, -0.2) is 31.4 Å². The summed E-state index contributed by atoms with van der Waals surface area (Å²) in [6.45, 7) is 0.715. The predicted octanol–water partition coefficient (Wildman–Crippen LogP) is 2.81. The number of anilines is 2. The zero-order valence-electron chi connectivity index (χ0n) is 13.6. The molecule has 0 radical (unpaired) electrons. The van der Waals surface area contributed by atoms with E-state index in [9.17, 15) is 9.18 Å². The second-order valence-corrected chi connectivity index (χ2v) is 5.61. The van der Waals surface area contributed by atoms with Crippen LogP contribution in [0.25, 0.3) is 0 Å². The topological polar surface area (TPSA) is 68.2 Å². The number of nitrogens with zero attached hydrogens (tertiary/aromatic N) is 2. The van der Waals surface area contributed by atoms with Crippen LogP contribution >= 0.6 is 0 Å². The molecule has 5 nitrogen and oxygen atoms in total. The maximum absolute atomic E-state index is 13.6. The number of carbonyl (C=O) groups excluding carboxylic acids is 1. The summed E-state index contributed by atoms with van der Waals surface area (Å²) in [4.78, 5) is 13.6. The Labute approximate surface area is 140 Å². The van der Waals surface area contributed by atoms with Gasteiger partial charge in [0.25, 0.3) is 0 Å². The molecule has 0 heterocycles. The van der Waals surface area contributed by atoms with E-state index in [2.05, 4.69) is 10.6 Å². The molecular weight excluding hydrogens is 307 g/mol. The third-order valence-electron chi connectivity index (χ3n) is 3.28. The predicted molar refractivity (Wildman–Crippen MR) is 92.1 cm³/mol. The molecular formula is C18H19FN4O. The summed E-state index contributed by atoms with van der Waals surface area (Å²) in [5, 5.41) is 14.9. The lowest BCUT2D eigenvalue weighted by atomic mass is 10.1. The van der Waals surface area contributed by atoms with E-state index in [4.69, 9.17) is 5.26 Å². The molecule has 0 aliphatic carbocycles. The van der Waals surface area contributed by atoms with Crippen molar-refractivity contribution in [3.05, 3.63) is 59.4 Å². The van der Waals surface area contributed by atoms with Crippen molar-refractivity contribution in [3.63, 3.8) is 0 Å². The number of hydrogen-bond donors (Lipinski definition) is 2. The number of nitrogens with one attached hydrogen (secondary N) is 2. The van der Waals surface area contributed by atoms with Gasteiger partial charge >= 0.3 is 0 Å². The number of halogens is 1. The summed E-state index contributed by atoms with van der Waals surface area (Å²) < 4.78 is 13.6. The number of nitriles is 1. The van der Waals surface area contributed by atoms with E-state index in [0.29, 0.717) is 24.5 Å². The van der Waals surface area contributed by atoms with E-state index in [0.717, 1.165) is 5.56 Å². The molecule has 2 aromatic rings. The smallest absolute Gasteiger partial charge is 0.238 e. The van der Waals surface area contributed by atoms with Crippen molar-refractivity contribution < 1.29 is 9.18 Å². The quantitative estimate of drug-likeness (QED) is 0.856. The molecule has 2 N–H and O–H groups in total. The Hall–Kier alpha value is -2.91. The van der Waals surface area contributed by atoms with Gasteiger partial charge in [0.2, 0.25) is 5.91 Å². The second-order valence-electron chi connectivity index (χ2n) is 5.61. The maximum atomic E-state index is 13.6. The molecule has 0 spiro atoms. The summed E-state index contributed by atoms with van der Waals surface area (Å²) in [5.74, 6) is -0.644. The van der Waals surface area contributed by atoms with Crippen LogP contribution in [0.1, 0.15) is 11.1 Å². The molecule has 6 heteroatoms. The Kier molecular flexibility index (Phi) is 5.88. The number of amides is 1. The monoisotopic (exact) mass is 326 g/mol. The van der Waals surface area contributed by atoms with Crippen molar-refractivity contribution in [3.8, 4) is 6.07 Å². The average molecular weight is 326 g/mol. The number of hydrogen-bond acceptors (Lipinski definition) is 4. The van der Waals surface area contributed by atoms with Gasteiger partial charge in [-0.1, -0.05) is 18.2 Å². The highest BCUT2D eigenvalue weighted by molar-refractivity contribution is 5.92. The van der Waals surface area contributed by atoms with E-state index in [1.165, 1.54) is 6.07 Å². The minimum absolute atomic E-state index is 0.00654. The Morgan fingerprint density at radius 2 is 2.00 bits per heavy atom. The molecule has 0 bridgehead atoms. The highest BCUT2D eigenvalue weighted by Crippen LogP contribution is 2.19. The van der Waals surface area contributed by atoms with Crippen LogP contribution in [0, 0.1) is 17.1 Å². The van der Waals surface area contributed by atoms with E-state index in [1.54, 1.807) is 23.1 Å². The lowest BCUT2D eigenvalue weighted by molar-refractivity contribution is -0.116. The fourth-order valence-corrected chi connectivity index (χ4v) is 2.23. The Morgan fingerprint density at radius 3 is 2.71 bits per heavy atom. The molecule has 124 valence electrons. The minimum Gasteiger partial charge on any atom is -0.380 e. The van der Waals surface area contributed by atoms with Gasteiger partial charge in [-0.15, -0.1) is 0 Å². The van der Waals surface area contributed by atoms with Crippen LogP contribution in [-0.2, 0) is 11.3 Å². The van der Waals surface area contributed by atoms with Crippen molar-refractivity contribution in [1.82, 2.24) is 4.90 Å². The number of benzene rings is 2. The molecule has 0 unspecified atom stereocenters. The fraction of sp³-hybridized carbons (Fsp3) is 0.222. The molecule has 0 fully saturated rings. The Bertz CT molecular complexity index is 768. The molecule has 0 aliphatic heterocycles. The summed E-state index contributed by atoms with van der Waals surface area (Å²) in [5.41, 5.74) is 2.04. The number of rotatable bonds is 6. The molecule has 24 heavy (non-hydrogen) atoms. The summed E-state index contributed by atoms with van der Waals surface area (Å²) in [6.07, 6.45) is 0. The fourth-order valence-electron chi connectivity index (χ4n) is 2.23. The first kappa shape index (κ1) is 17.4. The summed E-state index contributed by atoms with van der Waals surface area (Å²) in [7, 11) is 3.65. The van der Waals surface area contributed by atoms with Crippen LogP contribution in [0.15, 0.2) is 42.5 Å². The number of carbonyl (C=O) groups is 1. The molecule has 0 saturated heterocycles. The summed E-state index contributed by atoms with van der Waals surface area (Å²) >= 11 is 0.